The molecule has 88 valence electrons. The van der Waals surface area contributed by atoms with Crippen LogP contribution in [0, 0.1) is 6.92 Å². The molecule has 1 atom stereocenters. The van der Waals surface area contributed by atoms with Gasteiger partial charge in [-0.1, -0.05) is 0 Å². The van der Waals surface area contributed by atoms with Crippen molar-refractivity contribution in [2.24, 2.45) is 5.73 Å². The smallest absolute Gasteiger partial charge is 0.325 e. The van der Waals surface area contributed by atoms with Gasteiger partial charge in [0.15, 0.2) is 0 Å². The zero-order valence-electron chi connectivity index (χ0n) is 9.27. The number of hydrogen-bond acceptors (Lipinski definition) is 4. The summed E-state index contributed by atoms with van der Waals surface area (Å²) in [6, 6.07) is 4.18. The SMILES string of the molecule is Cc1ccc(CN2CCC(N)(C(=O)O)C2)s1. The summed E-state index contributed by atoms with van der Waals surface area (Å²) in [4.78, 5) is 15.6. The summed E-state index contributed by atoms with van der Waals surface area (Å²) in [7, 11) is 0. The Morgan fingerprint density at radius 2 is 2.44 bits per heavy atom. The number of nitrogens with two attached hydrogens (primary N) is 1. The van der Waals surface area contributed by atoms with Crippen LogP contribution >= 0.6 is 11.3 Å². The highest BCUT2D eigenvalue weighted by Gasteiger charge is 2.41. The van der Waals surface area contributed by atoms with E-state index in [9.17, 15) is 4.79 Å². The number of carboxylic acid groups (broad SMARTS) is 1. The van der Waals surface area contributed by atoms with Crippen LogP contribution in [-0.4, -0.2) is 34.6 Å². The van der Waals surface area contributed by atoms with E-state index in [0.29, 0.717) is 13.0 Å². The average Bonchev–Trinajstić information content (AvgIpc) is 2.75. The molecule has 1 aliphatic heterocycles. The van der Waals surface area contributed by atoms with Crippen molar-refractivity contribution >= 4 is 17.3 Å². The molecule has 1 unspecified atom stereocenters. The lowest BCUT2D eigenvalue weighted by molar-refractivity contribution is -0.142. The van der Waals surface area contributed by atoms with Crippen molar-refractivity contribution in [3.63, 3.8) is 0 Å². The van der Waals surface area contributed by atoms with Crippen LogP contribution in [-0.2, 0) is 11.3 Å². The fraction of sp³-hybridized carbons (Fsp3) is 0.545. The van der Waals surface area contributed by atoms with Crippen molar-refractivity contribution in [1.82, 2.24) is 4.90 Å². The van der Waals surface area contributed by atoms with Gasteiger partial charge in [-0.3, -0.25) is 9.69 Å². The van der Waals surface area contributed by atoms with Crippen molar-refractivity contribution < 1.29 is 9.90 Å². The molecule has 1 aliphatic rings. The minimum Gasteiger partial charge on any atom is -0.480 e. The van der Waals surface area contributed by atoms with Crippen LogP contribution in [0.2, 0.25) is 0 Å². The maximum atomic E-state index is 11.0. The molecule has 0 saturated carbocycles. The predicted octanol–water partition coefficient (Wildman–Crippen LogP) is 1.04. The van der Waals surface area contributed by atoms with Crippen molar-refractivity contribution in [3.05, 3.63) is 21.9 Å². The summed E-state index contributed by atoms with van der Waals surface area (Å²) >= 11 is 1.75. The second kappa shape index (κ2) is 4.16. The highest BCUT2D eigenvalue weighted by atomic mass is 32.1. The van der Waals surface area contributed by atoms with Gasteiger partial charge in [0.05, 0.1) is 0 Å². The van der Waals surface area contributed by atoms with Crippen LogP contribution < -0.4 is 5.73 Å². The Labute approximate surface area is 98.7 Å². The van der Waals surface area contributed by atoms with Gasteiger partial charge in [0.1, 0.15) is 5.54 Å². The van der Waals surface area contributed by atoms with Crippen LogP contribution in [0.3, 0.4) is 0 Å². The van der Waals surface area contributed by atoms with E-state index in [4.69, 9.17) is 10.8 Å². The summed E-state index contributed by atoms with van der Waals surface area (Å²) in [5.41, 5.74) is 4.76. The van der Waals surface area contributed by atoms with Gasteiger partial charge in [-0.25, -0.2) is 0 Å². The van der Waals surface area contributed by atoms with Gasteiger partial charge in [0, 0.05) is 29.4 Å². The minimum absolute atomic E-state index is 0.444. The fourth-order valence-electron chi connectivity index (χ4n) is 2.01. The van der Waals surface area contributed by atoms with Crippen LogP contribution in [0.5, 0.6) is 0 Å². The van der Waals surface area contributed by atoms with Crippen LogP contribution in [0.25, 0.3) is 0 Å². The first-order chi connectivity index (χ1) is 7.49. The molecular weight excluding hydrogens is 224 g/mol. The normalized spacial score (nSPS) is 26.1. The molecular formula is C11H16N2O2S. The van der Waals surface area contributed by atoms with E-state index in [1.165, 1.54) is 9.75 Å². The Balaban J connectivity index is 1.97. The van der Waals surface area contributed by atoms with Crippen LogP contribution in [0.4, 0.5) is 0 Å². The number of aryl methyl sites for hydroxylation is 1. The molecule has 5 heteroatoms. The Morgan fingerprint density at radius 3 is 2.94 bits per heavy atom. The third kappa shape index (κ3) is 2.26. The molecule has 0 spiro atoms. The van der Waals surface area contributed by atoms with Crippen molar-refractivity contribution in [3.8, 4) is 0 Å². The maximum Gasteiger partial charge on any atom is 0.325 e. The largest absolute Gasteiger partial charge is 0.480 e. The van der Waals surface area contributed by atoms with Crippen LogP contribution in [0.1, 0.15) is 16.2 Å². The van der Waals surface area contributed by atoms with E-state index in [2.05, 4.69) is 24.0 Å². The molecule has 0 aromatic carbocycles. The molecule has 0 amide bonds. The van der Waals surface area contributed by atoms with Gasteiger partial charge in [0.25, 0.3) is 0 Å². The van der Waals surface area contributed by atoms with E-state index in [-0.39, 0.29) is 0 Å². The quantitative estimate of drug-likeness (QED) is 0.828. The van der Waals surface area contributed by atoms with Crippen molar-refractivity contribution in [2.45, 2.75) is 25.4 Å². The number of aliphatic carboxylic acids is 1. The molecule has 2 heterocycles. The van der Waals surface area contributed by atoms with Gasteiger partial charge in [-0.05, 0) is 25.5 Å². The second-order valence-corrected chi connectivity index (χ2v) is 5.81. The lowest BCUT2D eigenvalue weighted by Crippen LogP contribution is -2.49. The molecule has 16 heavy (non-hydrogen) atoms. The monoisotopic (exact) mass is 240 g/mol. The lowest BCUT2D eigenvalue weighted by atomic mass is 10.0. The number of rotatable bonds is 3. The number of carbonyl (C=O) groups is 1. The van der Waals surface area contributed by atoms with Gasteiger partial charge < -0.3 is 10.8 Å². The zero-order chi connectivity index (χ0) is 11.8. The number of nitrogens with zero attached hydrogens (tertiary/aromatic N) is 1. The van der Waals surface area contributed by atoms with Gasteiger partial charge in [0.2, 0.25) is 0 Å². The third-order valence-corrected chi connectivity index (χ3v) is 3.97. The van der Waals surface area contributed by atoms with E-state index in [0.717, 1.165) is 13.1 Å². The van der Waals surface area contributed by atoms with Gasteiger partial charge >= 0.3 is 5.97 Å². The third-order valence-electron chi connectivity index (χ3n) is 2.98. The summed E-state index contributed by atoms with van der Waals surface area (Å²) in [6.45, 7) is 4.09. The predicted molar refractivity (Wildman–Crippen MR) is 63.5 cm³/mol. The molecule has 0 bridgehead atoms. The lowest BCUT2D eigenvalue weighted by Gasteiger charge is -2.19. The maximum absolute atomic E-state index is 11.0. The Kier molecular flexibility index (Phi) is 3.01. The number of thiophene rings is 1. The van der Waals surface area contributed by atoms with Crippen molar-refractivity contribution in [1.29, 1.82) is 0 Å². The topological polar surface area (TPSA) is 66.6 Å². The molecule has 1 saturated heterocycles. The number of likely N-dealkylation sites (tertiary alicyclic amines) is 1. The Morgan fingerprint density at radius 1 is 1.69 bits per heavy atom. The average molecular weight is 240 g/mol. The summed E-state index contributed by atoms with van der Waals surface area (Å²) in [5, 5.41) is 9.01. The molecule has 1 aromatic heterocycles. The van der Waals surface area contributed by atoms with E-state index < -0.39 is 11.5 Å². The van der Waals surface area contributed by atoms with Gasteiger partial charge in [-0.2, -0.15) is 0 Å². The zero-order valence-corrected chi connectivity index (χ0v) is 10.1. The Bertz CT molecular complexity index is 404. The molecule has 2 rings (SSSR count). The highest BCUT2D eigenvalue weighted by Crippen LogP contribution is 2.23. The summed E-state index contributed by atoms with van der Waals surface area (Å²) in [6.07, 6.45) is 0.534. The van der Waals surface area contributed by atoms with Crippen molar-refractivity contribution in [2.75, 3.05) is 13.1 Å². The summed E-state index contributed by atoms with van der Waals surface area (Å²) in [5.74, 6) is -0.891. The van der Waals surface area contributed by atoms with Crippen LogP contribution in [0.15, 0.2) is 12.1 Å². The molecule has 0 radical (unpaired) electrons. The first kappa shape index (κ1) is 11.6. The Hall–Kier alpha value is -0.910. The van der Waals surface area contributed by atoms with Gasteiger partial charge in [-0.15, -0.1) is 11.3 Å². The van der Waals surface area contributed by atoms with E-state index in [1.807, 2.05) is 0 Å². The second-order valence-electron chi connectivity index (χ2n) is 4.43. The molecule has 4 nitrogen and oxygen atoms in total. The number of carboxylic acids is 1. The molecule has 1 aromatic rings. The highest BCUT2D eigenvalue weighted by molar-refractivity contribution is 7.11. The molecule has 0 aliphatic carbocycles. The van der Waals surface area contributed by atoms with E-state index >= 15 is 0 Å². The molecule has 1 fully saturated rings. The fourth-order valence-corrected chi connectivity index (χ4v) is 2.95. The standard InChI is InChI=1S/C11H16N2O2S/c1-8-2-3-9(16-8)6-13-5-4-11(12,7-13)10(14)15/h2-3H,4-7,12H2,1H3,(H,14,15). The summed E-state index contributed by atoms with van der Waals surface area (Å²) < 4.78 is 0. The number of hydrogen-bond donors (Lipinski definition) is 2. The molecule has 3 N–H and O–H groups in total. The first-order valence-corrected chi connectivity index (χ1v) is 6.11. The van der Waals surface area contributed by atoms with E-state index in [1.54, 1.807) is 11.3 Å². The minimum atomic E-state index is -1.05. The first-order valence-electron chi connectivity index (χ1n) is 5.29.